The van der Waals surface area contributed by atoms with E-state index in [1.165, 1.54) is 12.1 Å². The smallest absolute Gasteiger partial charge is 0.269 e. The molecule has 0 unspecified atom stereocenters. The zero-order chi connectivity index (χ0) is 21.6. The Morgan fingerprint density at radius 1 is 0.935 bits per heavy atom. The Hall–Kier alpha value is -4.26. The zero-order valence-corrected chi connectivity index (χ0v) is 16.8. The van der Waals surface area contributed by atoms with E-state index in [9.17, 15) is 10.1 Å². The largest absolute Gasteiger partial charge is 0.497 e. The monoisotopic (exact) mass is 413 g/mol. The van der Waals surface area contributed by atoms with E-state index >= 15 is 0 Å². The van der Waals surface area contributed by atoms with Crippen LogP contribution in [0.25, 0.3) is 23.2 Å². The van der Waals surface area contributed by atoms with Crippen molar-refractivity contribution in [3.63, 3.8) is 0 Å². The number of nitrogens with zero attached hydrogens (tertiary/aromatic N) is 3. The van der Waals surface area contributed by atoms with Gasteiger partial charge in [0.1, 0.15) is 18.1 Å². The fourth-order valence-corrected chi connectivity index (χ4v) is 3.01. The van der Waals surface area contributed by atoms with Gasteiger partial charge in [-0.1, -0.05) is 42.5 Å². The molecule has 0 amide bonds. The third kappa shape index (κ3) is 4.84. The van der Waals surface area contributed by atoms with Crippen LogP contribution in [0, 0.1) is 10.1 Å². The minimum atomic E-state index is -0.428. The summed E-state index contributed by atoms with van der Waals surface area (Å²) in [6.45, 7) is 0.137. The maximum absolute atomic E-state index is 11.0. The number of benzene rings is 3. The summed E-state index contributed by atoms with van der Waals surface area (Å²) in [7, 11) is 1.63. The van der Waals surface area contributed by atoms with Crippen LogP contribution >= 0.6 is 0 Å². The molecular weight excluding hydrogens is 394 g/mol. The van der Waals surface area contributed by atoms with E-state index in [-0.39, 0.29) is 12.3 Å². The maximum atomic E-state index is 11.0. The number of methoxy groups -OCH3 is 1. The van der Waals surface area contributed by atoms with Crippen LogP contribution in [-0.2, 0) is 6.61 Å². The van der Waals surface area contributed by atoms with Crippen LogP contribution in [0.4, 0.5) is 5.69 Å². The molecule has 0 radical (unpaired) electrons. The minimum Gasteiger partial charge on any atom is -0.497 e. The SMILES string of the molecule is COc1ccc(/C=C/c2nc3ccccc3nc2OCc2cccc([N+](=O)[O-])c2)cc1. The van der Waals surface area contributed by atoms with Gasteiger partial charge in [0.15, 0.2) is 0 Å². The molecule has 0 saturated carbocycles. The minimum absolute atomic E-state index is 0.0188. The lowest BCUT2D eigenvalue weighted by molar-refractivity contribution is -0.384. The predicted octanol–water partition coefficient (Wildman–Crippen LogP) is 5.30. The van der Waals surface area contributed by atoms with Crippen molar-refractivity contribution in [2.45, 2.75) is 6.61 Å². The molecule has 0 spiro atoms. The van der Waals surface area contributed by atoms with Crippen LogP contribution in [-0.4, -0.2) is 22.0 Å². The molecule has 0 aliphatic carbocycles. The summed E-state index contributed by atoms with van der Waals surface area (Å²) >= 11 is 0. The highest BCUT2D eigenvalue weighted by molar-refractivity contribution is 5.79. The van der Waals surface area contributed by atoms with Crippen molar-refractivity contribution in [2.24, 2.45) is 0 Å². The summed E-state index contributed by atoms with van der Waals surface area (Å²) in [6.07, 6.45) is 3.75. The van der Waals surface area contributed by atoms with Crippen molar-refractivity contribution >= 4 is 28.9 Å². The Morgan fingerprint density at radius 2 is 1.68 bits per heavy atom. The number of ether oxygens (including phenoxy) is 2. The van der Waals surface area contributed by atoms with Crippen molar-refractivity contribution < 1.29 is 14.4 Å². The molecule has 0 fully saturated rings. The standard InChI is InChI=1S/C24H19N3O4/c1-30-20-12-9-17(10-13-20)11-14-23-24(26-22-8-3-2-7-21(22)25-23)31-16-18-5-4-6-19(15-18)27(28)29/h2-15H,16H2,1H3/b14-11+. The van der Waals surface area contributed by atoms with Gasteiger partial charge in [-0.25, -0.2) is 9.97 Å². The van der Waals surface area contributed by atoms with Gasteiger partial charge in [-0.3, -0.25) is 10.1 Å². The van der Waals surface area contributed by atoms with Crippen molar-refractivity contribution in [3.05, 3.63) is 99.7 Å². The number of fused-ring (bicyclic) bond motifs is 1. The number of hydrogen-bond acceptors (Lipinski definition) is 6. The van der Waals surface area contributed by atoms with Crippen molar-refractivity contribution in [3.8, 4) is 11.6 Å². The second-order valence-corrected chi connectivity index (χ2v) is 6.72. The van der Waals surface area contributed by atoms with Crippen LogP contribution in [0.3, 0.4) is 0 Å². The first-order chi connectivity index (χ1) is 15.1. The highest BCUT2D eigenvalue weighted by Gasteiger charge is 2.10. The lowest BCUT2D eigenvalue weighted by Gasteiger charge is -2.09. The van der Waals surface area contributed by atoms with E-state index in [2.05, 4.69) is 9.97 Å². The molecule has 7 heteroatoms. The molecule has 1 aromatic heterocycles. The summed E-state index contributed by atoms with van der Waals surface area (Å²) < 4.78 is 11.1. The molecule has 0 aliphatic rings. The van der Waals surface area contributed by atoms with Crippen molar-refractivity contribution in [2.75, 3.05) is 7.11 Å². The van der Waals surface area contributed by atoms with E-state index in [0.717, 1.165) is 16.8 Å². The highest BCUT2D eigenvalue weighted by Crippen LogP contribution is 2.23. The molecule has 0 bridgehead atoms. The topological polar surface area (TPSA) is 87.4 Å². The Morgan fingerprint density at radius 3 is 2.39 bits per heavy atom. The van der Waals surface area contributed by atoms with Crippen LogP contribution in [0.2, 0.25) is 0 Å². The Kier molecular flexibility index (Phi) is 5.84. The second kappa shape index (κ2) is 9.04. The normalized spacial score (nSPS) is 11.0. The van der Waals surface area contributed by atoms with Gasteiger partial charge in [0, 0.05) is 12.1 Å². The van der Waals surface area contributed by atoms with Gasteiger partial charge >= 0.3 is 0 Å². The number of nitro benzene ring substituents is 1. The number of aromatic nitrogens is 2. The number of para-hydroxylation sites is 2. The van der Waals surface area contributed by atoms with E-state index in [0.29, 0.717) is 22.7 Å². The Labute approximate surface area is 178 Å². The summed E-state index contributed by atoms with van der Waals surface area (Å²) in [4.78, 5) is 19.9. The third-order valence-corrected chi connectivity index (χ3v) is 4.61. The molecule has 7 nitrogen and oxygen atoms in total. The summed E-state index contributed by atoms with van der Waals surface area (Å²) in [5.74, 6) is 1.14. The number of non-ortho nitro benzene ring substituents is 1. The number of hydrogen-bond donors (Lipinski definition) is 0. The van der Waals surface area contributed by atoms with Crippen LogP contribution < -0.4 is 9.47 Å². The molecule has 154 valence electrons. The zero-order valence-electron chi connectivity index (χ0n) is 16.8. The first kappa shape index (κ1) is 20.0. The van der Waals surface area contributed by atoms with E-state index in [1.807, 2.05) is 60.7 Å². The molecule has 0 aliphatic heterocycles. The molecule has 4 rings (SSSR count). The second-order valence-electron chi connectivity index (χ2n) is 6.72. The maximum Gasteiger partial charge on any atom is 0.269 e. The molecule has 1 heterocycles. The van der Waals surface area contributed by atoms with Crippen molar-refractivity contribution in [1.29, 1.82) is 0 Å². The first-order valence-electron chi connectivity index (χ1n) is 9.57. The third-order valence-electron chi connectivity index (χ3n) is 4.61. The lowest BCUT2D eigenvalue weighted by Crippen LogP contribution is -2.02. The van der Waals surface area contributed by atoms with Gasteiger partial charge in [0.05, 0.1) is 23.1 Å². The van der Waals surface area contributed by atoms with E-state index < -0.39 is 4.92 Å². The van der Waals surface area contributed by atoms with Crippen LogP contribution in [0.1, 0.15) is 16.8 Å². The molecule has 4 aromatic rings. The van der Waals surface area contributed by atoms with E-state index in [1.54, 1.807) is 19.2 Å². The summed E-state index contributed by atoms with van der Waals surface area (Å²) in [6, 6.07) is 21.5. The fourth-order valence-electron chi connectivity index (χ4n) is 3.01. The quantitative estimate of drug-likeness (QED) is 0.302. The van der Waals surface area contributed by atoms with Gasteiger partial charge < -0.3 is 9.47 Å². The average molecular weight is 413 g/mol. The number of nitro groups is 1. The van der Waals surface area contributed by atoms with Crippen LogP contribution in [0.5, 0.6) is 11.6 Å². The average Bonchev–Trinajstić information content (AvgIpc) is 2.81. The predicted molar refractivity (Wildman–Crippen MR) is 119 cm³/mol. The molecule has 0 N–H and O–H groups in total. The van der Waals surface area contributed by atoms with Gasteiger partial charge in [-0.2, -0.15) is 0 Å². The van der Waals surface area contributed by atoms with Gasteiger partial charge in [0.25, 0.3) is 5.69 Å². The fraction of sp³-hybridized carbons (Fsp3) is 0.0833. The van der Waals surface area contributed by atoms with Crippen molar-refractivity contribution in [1.82, 2.24) is 9.97 Å². The van der Waals surface area contributed by atoms with Gasteiger partial charge in [-0.15, -0.1) is 0 Å². The highest BCUT2D eigenvalue weighted by atomic mass is 16.6. The molecule has 0 atom stereocenters. The van der Waals surface area contributed by atoms with E-state index in [4.69, 9.17) is 9.47 Å². The molecular formula is C24H19N3O4. The summed E-state index contributed by atoms with van der Waals surface area (Å²) in [5.41, 5.74) is 3.69. The van der Waals surface area contributed by atoms with Crippen LogP contribution in [0.15, 0.2) is 72.8 Å². The lowest BCUT2D eigenvalue weighted by atomic mass is 10.2. The van der Waals surface area contributed by atoms with Gasteiger partial charge in [-0.05, 0) is 41.5 Å². The molecule has 3 aromatic carbocycles. The first-order valence-corrected chi connectivity index (χ1v) is 9.57. The summed E-state index contributed by atoms with van der Waals surface area (Å²) in [5, 5.41) is 11.0. The molecule has 31 heavy (non-hydrogen) atoms. The molecule has 0 saturated heterocycles. The van der Waals surface area contributed by atoms with Gasteiger partial charge in [0.2, 0.25) is 5.88 Å². The Bertz CT molecular complexity index is 1250. The number of rotatable bonds is 7. The Balaban J connectivity index is 1.63.